The molecule has 1 amide bonds. The number of carbonyl (C=O) groups excluding carboxylic acids is 1. The first-order valence-corrected chi connectivity index (χ1v) is 12.9. The largest absolute Gasteiger partial charge is 0.495 e. The van der Waals surface area contributed by atoms with Gasteiger partial charge in [-0.25, -0.2) is 9.78 Å². The topological polar surface area (TPSA) is 136 Å². The van der Waals surface area contributed by atoms with Crippen LogP contribution in [0.4, 0.5) is 45.0 Å². The molecule has 0 atom stereocenters. The van der Waals surface area contributed by atoms with E-state index in [4.69, 9.17) is 31.5 Å². The van der Waals surface area contributed by atoms with Crippen molar-refractivity contribution in [3.8, 4) is 11.5 Å². The summed E-state index contributed by atoms with van der Waals surface area (Å²) in [6, 6.07) is 8.83. The van der Waals surface area contributed by atoms with Crippen LogP contribution in [0.2, 0.25) is 5.02 Å². The van der Waals surface area contributed by atoms with Crippen LogP contribution in [0.1, 0.15) is 33.6 Å². The van der Waals surface area contributed by atoms with Crippen molar-refractivity contribution >= 4 is 57.9 Å². The molecule has 1 aromatic heterocycles. The summed E-state index contributed by atoms with van der Waals surface area (Å²) >= 11 is 6.42. The summed E-state index contributed by atoms with van der Waals surface area (Å²) in [5, 5.41) is 9.33. The summed E-state index contributed by atoms with van der Waals surface area (Å²) in [4.78, 5) is 23.3. The second-order valence-corrected chi connectivity index (χ2v) is 10.4. The number of hydrogen-bond acceptors (Lipinski definition) is 10. The fourth-order valence-electron chi connectivity index (χ4n) is 4.15. The molecular formula is C27H34ClN7O4. The van der Waals surface area contributed by atoms with E-state index in [9.17, 15) is 4.79 Å². The monoisotopic (exact) mass is 555 g/mol. The van der Waals surface area contributed by atoms with Crippen LogP contribution in [-0.2, 0) is 4.74 Å². The predicted octanol–water partition coefficient (Wildman–Crippen LogP) is 6.16. The molecule has 0 spiro atoms. The van der Waals surface area contributed by atoms with Crippen LogP contribution in [-0.4, -0.2) is 49.0 Å². The van der Waals surface area contributed by atoms with Crippen LogP contribution < -0.4 is 36.1 Å². The second kappa shape index (κ2) is 11.7. The van der Waals surface area contributed by atoms with E-state index in [1.54, 1.807) is 53.2 Å². The Morgan fingerprint density at radius 3 is 2.38 bits per heavy atom. The molecule has 3 aromatic rings. The van der Waals surface area contributed by atoms with E-state index in [2.05, 4.69) is 30.8 Å². The Morgan fingerprint density at radius 1 is 1.03 bits per heavy atom. The van der Waals surface area contributed by atoms with Gasteiger partial charge in [-0.1, -0.05) is 11.6 Å². The molecule has 0 saturated carbocycles. The number of nitrogens with two attached hydrogens (primary N) is 1. The summed E-state index contributed by atoms with van der Waals surface area (Å²) in [5.74, 6) is 1.72. The van der Waals surface area contributed by atoms with Gasteiger partial charge in [-0.15, -0.1) is 0 Å². The summed E-state index contributed by atoms with van der Waals surface area (Å²) in [5.41, 5.74) is 8.97. The first-order valence-electron chi connectivity index (χ1n) is 12.5. The number of hydrogen-bond donors (Lipinski definition) is 4. The molecule has 1 aliphatic heterocycles. The average molecular weight is 556 g/mol. The highest BCUT2D eigenvalue weighted by Crippen LogP contribution is 2.38. The number of methoxy groups -OCH3 is 2. The van der Waals surface area contributed by atoms with Gasteiger partial charge in [-0.05, 0) is 57.9 Å². The normalized spacial score (nSPS) is 13.1. The lowest BCUT2D eigenvalue weighted by atomic mass is 10.2. The lowest BCUT2D eigenvalue weighted by Gasteiger charge is -2.22. The van der Waals surface area contributed by atoms with Crippen molar-refractivity contribution in [1.82, 2.24) is 9.97 Å². The Morgan fingerprint density at radius 2 is 1.72 bits per heavy atom. The molecule has 12 heteroatoms. The molecular weight excluding hydrogens is 522 g/mol. The number of halogens is 1. The number of carbonyl (C=O) groups is 1. The van der Waals surface area contributed by atoms with Crippen LogP contribution in [0.5, 0.6) is 11.5 Å². The molecule has 11 nitrogen and oxygen atoms in total. The molecule has 208 valence electrons. The molecule has 0 aliphatic carbocycles. The van der Waals surface area contributed by atoms with Crippen LogP contribution >= 0.6 is 11.6 Å². The van der Waals surface area contributed by atoms with E-state index in [1.807, 2.05) is 12.1 Å². The number of aromatic nitrogens is 2. The number of rotatable bonds is 8. The van der Waals surface area contributed by atoms with Crippen molar-refractivity contribution in [3.05, 3.63) is 41.6 Å². The first kappa shape index (κ1) is 27.9. The Hall–Kier alpha value is -4.12. The summed E-state index contributed by atoms with van der Waals surface area (Å²) in [6.07, 6.45) is 3.18. The molecule has 5 N–H and O–H groups in total. The minimum absolute atomic E-state index is 0.274. The third kappa shape index (κ3) is 7.05. The molecule has 4 rings (SSSR count). The highest BCUT2D eigenvalue weighted by atomic mass is 35.5. The summed E-state index contributed by atoms with van der Waals surface area (Å²) < 4.78 is 16.4. The van der Waals surface area contributed by atoms with Crippen LogP contribution in [0, 0.1) is 0 Å². The highest BCUT2D eigenvalue weighted by Gasteiger charge is 2.20. The predicted molar refractivity (Wildman–Crippen MR) is 155 cm³/mol. The highest BCUT2D eigenvalue weighted by molar-refractivity contribution is 6.33. The number of nitrogens with zero attached hydrogens (tertiary/aromatic N) is 3. The zero-order valence-corrected chi connectivity index (χ0v) is 23.5. The van der Waals surface area contributed by atoms with E-state index < -0.39 is 11.7 Å². The standard InChI is InChI=1S/C27H34ClN7O4/c1-27(2,3)39-26(36)31-16-8-9-22(37-4)19(12-16)32-24-17(28)15-30-25(34-24)33-20-13-18(29)21(14-23(20)38-5)35-10-6-7-11-35/h8-9,12-15H,6-7,10-11,29H2,1-5H3,(H,31,36)(H2,30,32,33,34). The van der Waals surface area contributed by atoms with Crippen molar-refractivity contribution in [3.63, 3.8) is 0 Å². The number of nitrogen functional groups attached to an aromatic ring is 1. The van der Waals surface area contributed by atoms with Gasteiger partial charge in [0.15, 0.2) is 5.82 Å². The SMILES string of the molecule is COc1cc(N2CCCC2)c(N)cc1Nc1ncc(Cl)c(Nc2cc(NC(=O)OC(C)(C)C)ccc2OC)n1. The number of nitrogens with one attached hydrogen (secondary N) is 3. The van der Waals surface area contributed by atoms with Gasteiger partial charge in [0.1, 0.15) is 22.1 Å². The van der Waals surface area contributed by atoms with Gasteiger partial charge in [-0.2, -0.15) is 4.98 Å². The van der Waals surface area contributed by atoms with Crippen molar-refractivity contribution in [2.45, 2.75) is 39.2 Å². The van der Waals surface area contributed by atoms with E-state index in [0.29, 0.717) is 40.1 Å². The van der Waals surface area contributed by atoms with Gasteiger partial charge in [-0.3, -0.25) is 5.32 Å². The second-order valence-electron chi connectivity index (χ2n) is 9.99. The lowest BCUT2D eigenvalue weighted by molar-refractivity contribution is 0.0636. The van der Waals surface area contributed by atoms with E-state index in [-0.39, 0.29) is 11.0 Å². The fraction of sp³-hybridized carbons (Fsp3) is 0.370. The first-order chi connectivity index (χ1) is 18.6. The average Bonchev–Trinajstić information content (AvgIpc) is 3.40. The van der Waals surface area contributed by atoms with Crippen molar-refractivity contribution < 1.29 is 19.0 Å². The Bertz CT molecular complexity index is 1340. The zero-order valence-electron chi connectivity index (χ0n) is 22.7. The van der Waals surface area contributed by atoms with Crippen LogP contribution in [0.15, 0.2) is 36.5 Å². The number of amides is 1. The van der Waals surface area contributed by atoms with E-state index in [0.717, 1.165) is 31.6 Å². The maximum atomic E-state index is 12.2. The third-order valence-electron chi connectivity index (χ3n) is 5.88. The molecule has 0 unspecified atom stereocenters. The van der Waals surface area contributed by atoms with Crippen LogP contribution in [0.25, 0.3) is 0 Å². The minimum Gasteiger partial charge on any atom is -0.495 e. The molecule has 1 saturated heterocycles. The van der Waals surface area contributed by atoms with Gasteiger partial charge in [0.25, 0.3) is 0 Å². The maximum absolute atomic E-state index is 12.2. The Balaban J connectivity index is 1.57. The number of benzene rings is 2. The minimum atomic E-state index is -0.628. The van der Waals surface area contributed by atoms with E-state index >= 15 is 0 Å². The van der Waals surface area contributed by atoms with Crippen LogP contribution in [0.3, 0.4) is 0 Å². The number of anilines is 7. The molecule has 0 bridgehead atoms. The van der Waals surface area contributed by atoms with Gasteiger partial charge < -0.3 is 35.5 Å². The third-order valence-corrected chi connectivity index (χ3v) is 6.16. The summed E-state index contributed by atoms with van der Waals surface area (Å²) in [6.45, 7) is 7.31. The lowest BCUT2D eigenvalue weighted by Crippen LogP contribution is -2.27. The molecule has 2 heterocycles. The van der Waals surface area contributed by atoms with Gasteiger partial charge in [0.05, 0.1) is 43.2 Å². The van der Waals surface area contributed by atoms with Gasteiger partial charge >= 0.3 is 6.09 Å². The van der Waals surface area contributed by atoms with Gasteiger partial charge in [0, 0.05) is 24.8 Å². The van der Waals surface area contributed by atoms with E-state index in [1.165, 1.54) is 6.20 Å². The number of ether oxygens (including phenoxy) is 3. The zero-order chi connectivity index (χ0) is 28.2. The smallest absolute Gasteiger partial charge is 0.412 e. The van der Waals surface area contributed by atoms with Crippen molar-refractivity contribution in [2.24, 2.45) is 0 Å². The molecule has 2 aromatic carbocycles. The van der Waals surface area contributed by atoms with Crippen molar-refractivity contribution in [1.29, 1.82) is 0 Å². The Labute approximate surface area is 233 Å². The summed E-state index contributed by atoms with van der Waals surface area (Å²) in [7, 11) is 3.14. The maximum Gasteiger partial charge on any atom is 0.412 e. The molecule has 0 radical (unpaired) electrons. The Kier molecular flexibility index (Phi) is 8.39. The van der Waals surface area contributed by atoms with Crippen molar-refractivity contribution in [2.75, 3.05) is 53.9 Å². The molecule has 39 heavy (non-hydrogen) atoms. The van der Waals surface area contributed by atoms with Gasteiger partial charge in [0.2, 0.25) is 5.95 Å². The fourth-order valence-corrected chi connectivity index (χ4v) is 4.29. The molecule has 1 aliphatic rings. The quantitative estimate of drug-likeness (QED) is 0.239. The molecule has 1 fully saturated rings.